The molecule has 138 valence electrons. The second-order valence-corrected chi connectivity index (χ2v) is 7.79. The van der Waals surface area contributed by atoms with Gasteiger partial charge in [0.25, 0.3) is 0 Å². The fraction of sp³-hybridized carbons (Fsp3) is 0.600. The van der Waals surface area contributed by atoms with Crippen LogP contribution in [0.2, 0.25) is 0 Å². The van der Waals surface area contributed by atoms with E-state index in [0.29, 0.717) is 26.1 Å². The molecule has 1 fully saturated rings. The number of aryl methyl sites for hydroxylation is 1. The number of carbonyl (C=O) groups excluding carboxylic acids is 2. The fourth-order valence-electron chi connectivity index (χ4n) is 3.06. The first-order valence-corrected chi connectivity index (χ1v) is 9.18. The largest absolute Gasteiger partial charge is 0.350 e. The minimum Gasteiger partial charge on any atom is -0.350 e. The molecule has 5 heteroatoms. The van der Waals surface area contributed by atoms with Crippen LogP contribution in [0.5, 0.6) is 0 Å². The molecule has 2 amide bonds. The molecule has 0 radical (unpaired) electrons. The van der Waals surface area contributed by atoms with Gasteiger partial charge in [-0.15, -0.1) is 0 Å². The summed E-state index contributed by atoms with van der Waals surface area (Å²) in [5.74, 6) is 0.282. The van der Waals surface area contributed by atoms with Crippen LogP contribution in [-0.4, -0.2) is 59.9 Å². The molecule has 0 saturated carbocycles. The molecule has 0 bridgehead atoms. The van der Waals surface area contributed by atoms with Crippen LogP contribution in [0.4, 0.5) is 0 Å². The molecule has 1 N–H and O–H groups in total. The Balaban J connectivity index is 1.65. The predicted molar refractivity (Wildman–Crippen MR) is 100 cm³/mol. The van der Waals surface area contributed by atoms with E-state index < -0.39 is 0 Å². The summed E-state index contributed by atoms with van der Waals surface area (Å²) in [6.07, 6.45) is 2.43. The number of carbonyl (C=O) groups is 2. The Labute approximate surface area is 151 Å². The van der Waals surface area contributed by atoms with Crippen molar-refractivity contribution in [2.24, 2.45) is 0 Å². The third-order valence-electron chi connectivity index (χ3n) is 4.31. The van der Waals surface area contributed by atoms with Crippen LogP contribution >= 0.6 is 0 Å². The van der Waals surface area contributed by atoms with E-state index in [0.717, 1.165) is 25.9 Å². The first-order valence-electron chi connectivity index (χ1n) is 9.18. The van der Waals surface area contributed by atoms with Crippen molar-refractivity contribution in [1.82, 2.24) is 15.1 Å². The van der Waals surface area contributed by atoms with Crippen molar-refractivity contribution in [2.45, 2.75) is 45.6 Å². The second kappa shape index (κ2) is 8.99. The number of nitrogens with one attached hydrogen (secondary N) is 1. The Morgan fingerprint density at radius 1 is 1.04 bits per heavy atom. The van der Waals surface area contributed by atoms with Gasteiger partial charge in [-0.3, -0.25) is 14.5 Å². The molecular formula is C20H31N3O2. The number of amides is 2. The van der Waals surface area contributed by atoms with Gasteiger partial charge in [-0.1, -0.05) is 30.3 Å². The second-order valence-electron chi connectivity index (χ2n) is 7.79. The van der Waals surface area contributed by atoms with Crippen LogP contribution in [0.3, 0.4) is 0 Å². The van der Waals surface area contributed by atoms with E-state index in [1.807, 2.05) is 43.9 Å². The number of hydrogen-bond donors (Lipinski definition) is 1. The third-order valence-corrected chi connectivity index (χ3v) is 4.31. The first kappa shape index (κ1) is 19.4. The summed E-state index contributed by atoms with van der Waals surface area (Å²) < 4.78 is 0. The molecule has 25 heavy (non-hydrogen) atoms. The normalized spacial score (nSPS) is 15.9. The molecule has 0 atom stereocenters. The molecule has 1 aliphatic heterocycles. The summed E-state index contributed by atoms with van der Waals surface area (Å²) in [4.78, 5) is 28.4. The zero-order valence-electron chi connectivity index (χ0n) is 15.8. The summed E-state index contributed by atoms with van der Waals surface area (Å²) in [6.45, 7) is 9.32. The van der Waals surface area contributed by atoms with Crippen molar-refractivity contribution in [3.05, 3.63) is 35.9 Å². The van der Waals surface area contributed by atoms with Crippen LogP contribution in [0.15, 0.2) is 30.3 Å². The monoisotopic (exact) mass is 345 g/mol. The summed E-state index contributed by atoms with van der Waals surface area (Å²) in [7, 11) is 0. The molecule has 5 nitrogen and oxygen atoms in total. The van der Waals surface area contributed by atoms with E-state index in [-0.39, 0.29) is 17.4 Å². The van der Waals surface area contributed by atoms with Crippen LogP contribution in [0.25, 0.3) is 0 Å². The quantitative estimate of drug-likeness (QED) is 0.859. The van der Waals surface area contributed by atoms with Gasteiger partial charge in [0.15, 0.2) is 0 Å². The highest BCUT2D eigenvalue weighted by molar-refractivity contribution is 5.79. The van der Waals surface area contributed by atoms with E-state index in [4.69, 9.17) is 0 Å². The molecular weight excluding hydrogens is 314 g/mol. The molecule has 2 rings (SSSR count). The highest BCUT2D eigenvalue weighted by Gasteiger charge is 2.23. The van der Waals surface area contributed by atoms with Gasteiger partial charge in [-0.25, -0.2) is 0 Å². The van der Waals surface area contributed by atoms with Crippen molar-refractivity contribution in [3.8, 4) is 0 Å². The summed E-state index contributed by atoms with van der Waals surface area (Å²) in [6, 6.07) is 10.3. The fourth-order valence-corrected chi connectivity index (χ4v) is 3.06. The molecule has 1 aliphatic rings. The average molecular weight is 345 g/mol. The van der Waals surface area contributed by atoms with Crippen LogP contribution < -0.4 is 5.32 Å². The molecule has 0 aromatic heterocycles. The summed E-state index contributed by atoms with van der Waals surface area (Å²) >= 11 is 0. The number of nitrogens with zero attached hydrogens (tertiary/aromatic N) is 2. The maximum atomic E-state index is 12.3. The predicted octanol–water partition coefficient (Wildman–Crippen LogP) is 2.07. The molecule has 0 aliphatic carbocycles. The molecule has 0 spiro atoms. The lowest BCUT2D eigenvalue weighted by Gasteiger charge is -2.35. The van der Waals surface area contributed by atoms with E-state index in [2.05, 4.69) is 22.3 Å². The highest BCUT2D eigenvalue weighted by Crippen LogP contribution is 2.09. The topological polar surface area (TPSA) is 52.7 Å². The SMILES string of the molecule is CC(C)(C)NC(=O)CN1CCN(C(=O)CCCc2ccccc2)CC1. The maximum absolute atomic E-state index is 12.3. The lowest BCUT2D eigenvalue weighted by molar-refractivity contribution is -0.133. The van der Waals surface area contributed by atoms with E-state index in [1.165, 1.54) is 5.56 Å². The number of benzene rings is 1. The standard InChI is InChI=1S/C20H31N3O2/c1-20(2,3)21-18(24)16-22-12-14-23(15-13-22)19(25)11-7-10-17-8-5-4-6-9-17/h4-6,8-9H,7,10-16H2,1-3H3,(H,21,24). The van der Waals surface area contributed by atoms with Crippen LogP contribution in [0, 0.1) is 0 Å². The van der Waals surface area contributed by atoms with Crippen molar-refractivity contribution >= 4 is 11.8 Å². The Hall–Kier alpha value is -1.88. The van der Waals surface area contributed by atoms with Crippen LogP contribution in [0.1, 0.15) is 39.2 Å². The van der Waals surface area contributed by atoms with Crippen LogP contribution in [-0.2, 0) is 16.0 Å². The zero-order valence-corrected chi connectivity index (χ0v) is 15.8. The van der Waals surface area contributed by atoms with Gasteiger partial charge in [-0.05, 0) is 39.2 Å². The maximum Gasteiger partial charge on any atom is 0.234 e. The van der Waals surface area contributed by atoms with Gasteiger partial charge in [0, 0.05) is 38.1 Å². The molecule has 1 aromatic rings. The summed E-state index contributed by atoms with van der Waals surface area (Å²) in [5, 5.41) is 2.98. The van der Waals surface area contributed by atoms with E-state index >= 15 is 0 Å². The van der Waals surface area contributed by atoms with Gasteiger partial charge < -0.3 is 10.2 Å². The first-order chi connectivity index (χ1) is 11.8. The van der Waals surface area contributed by atoms with Crippen molar-refractivity contribution in [2.75, 3.05) is 32.7 Å². The highest BCUT2D eigenvalue weighted by atomic mass is 16.2. The van der Waals surface area contributed by atoms with Gasteiger partial charge in [-0.2, -0.15) is 0 Å². The Morgan fingerprint density at radius 3 is 2.28 bits per heavy atom. The molecule has 1 saturated heterocycles. The minimum atomic E-state index is -0.201. The van der Waals surface area contributed by atoms with E-state index in [1.54, 1.807) is 0 Å². The number of rotatable bonds is 6. The van der Waals surface area contributed by atoms with Crippen molar-refractivity contribution in [1.29, 1.82) is 0 Å². The molecule has 1 heterocycles. The van der Waals surface area contributed by atoms with Gasteiger partial charge >= 0.3 is 0 Å². The smallest absolute Gasteiger partial charge is 0.234 e. The van der Waals surface area contributed by atoms with Gasteiger partial charge in [0.2, 0.25) is 11.8 Å². The van der Waals surface area contributed by atoms with E-state index in [9.17, 15) is 9.59 Å². The van der Waals surface area contributed by atoms with Gasteiger partial charge in [0.05, 0.1) is 6.54 Å². The number of piperazine rings is 1. The Bertz CT molecular complexity index is 558. The third kappa shape index (κ3) is 7.26. The Morgan fingerprint density at radius 2 is 1.68 bits per heavy atom. The van der Waals surface area contributed by atoms with Gasteiger partial charge in [0.1, 0.15) is 0 Å². The van der Waals surface area contributed by atoms with Crippen molar-refractivity contribution < 1.29 is 9.59 Å². The zero-order chi connectivity index (χ0) is 18.3. The average Bonchev–Trinajstić information content (AvgIpc) is 2.54. The summed E-state index contributed by atoms with van der Waals surface area (Å²) in [5.41, 5.74) is 1.08. The minimum absolute atomic E-state index is 0.0511. The lowest BCUT2D eigenvalue weighted by atomic mass is 10.1. The molecule has 1 aromatic carbocycles. The molecule has 0 unspecified atom stereocenters. The lowest BCUT2D eigenvalue weighted by Crippen LogP contribution is -2.52. The van der Waals surface area contributed by atoms with Crippen molar-refractivity contribution in [3.63, 3.8) is 0 Å². The Kier molecular flexibility index (Phi) is 7.00. The number of hydrogen-bond acceptors (Lipinski definition) is 3.